The van der Waals surface area contributed by atoms with Gasteiger partial charge in [0.1, 0.15) is 0 Å². The van der Waals surface area contributed by atoms with Gasteiger partial charge in [0, 0.05) is 25.7 Å². The van der Waals surface area contributed by atoms with Gasteiger partial charge < -0.3 is 18.6 Å². The summed E-state index contributed by atoms with van der Waals surface area (Å²) < 4.78 is 16.0. The Morgan fingerprint density at radius 2 is 2.12 bits per heavy atom. The molecule has 0 spiro atoms. The Morgan fingerprint density at radius 1 is 1.24 bits per heavy atom. The van der Waals surface area contributed by atoms with E-state index in [1.165, 1.54) is 0 Å². The van der Waals surface area contributed by atoms with Crippen molar-refractivity contribution in [3.05, 3.63) is 42.5 Å². The van der Waals surface area contributed by atoms with Crippen molar-refractivity contribution >= 4 is 5.82 Å². The van der Waals surface area contributed by atoms with Crippen LogP contribution in [0.4, 0.5) is 5.82 Å². The molecule has 1 fully saturated rings. The quantitative estimate of drug-likeness (QED) is 0.706. The van der Waals surface area contributed by atoms with Crippen molar-refractivity contribution in [3.8, 4) is 17.4 Å². The van der Waals surface area contributed by atoms with E-state index < -0.39 is 0 Å². The van der Waals surface area contributed by atoms with Gasteiger partial charge >= 0.3 is 0 Å². The summed E-state index contributed by atoms with van der Waals surface area (Å²) in [6.45, 7) is 1.89. The van der Waals surface area contributed by atoms with Crippen LogP contribution in [0.15, 0.2) is 45.7 Å². The summed E-state index contributed by atoms with van der Waals surface area (Å²) in [5, 5.41) is 4.08. The van der Waals surface area contributed by atoms with Gasteiger partial charge in [0.15, 0.2) is 23.2 Å². The molecular formula is C18H20N4O3. The second-order valence-corrected chi connectivity index (χ2v) is 6.16. The van der Waals surface area contributed by atoms with Crippen LogP contribution in [-0.2, 0) is 6.42 Å². The average Bonchev–Trinajstić information content (AvgIpc) is 3.34. The minimum absolute atomic E-state index is 0.440. The number of rotatable bonds is 5. The number of pyridine rings is 1. The summed E-state index contributed by atoms with van der Waals surface area (Å²) >= 11 is 0. The zero-order valence-corrected chi connectivity index (χ0v) is 14.1. The first-order valence-corrected chi connectivity index (χ1v) is 8.44. The zero-order chi connectivity index (χ0) is 17.1. The summed E-state index contributed by atoms with van der Waals surface area (Å²) in [7, 11) is 1.68. The highest BCUT2D eigenvalue weighted by atomic mass is 16.5. The minimum atomic E-state index is 0.440. The summed E-state index contributed by atoms with van der Waals surface area (Å²) in [5.74, 6) is 4.06. The number of furan rings is 1. The van der Waals surface area contributed by atoms with Gasteiger partial charge in [-0.2, -0.15) is 4.98 Å². The van der Waals surface area contributed by atoms with E-state index in [9.17, 15) is 0 Å². The Bertz CT molecular complexity index is 807. The number of hydrogen-bond acceptors (Lipinski definition) is 7. The third-order valence-corrected chi connectivity index (χ3v) is 4.56. The van der Waals surface area contributed by atoms with Gasteiger partial charge in [-0.15, -0.1) is 0 Å². The molecule has 1 aliphatic heterocycles. The lowest BCUT2D eigenvalue weighted by molar-refractivity contribution is 0.370. The van der Waals surface area contributed by atoms with Gasteiger partial charge in [-0.3, -0.25) is 0 Å². The van der Waals surface area contributed by atoms with E-state index in [-0.39, 0.29) is 0 Å². The number of piperidine rings is 1. The van der Waals surface area contributed by atoms with Gasteiger partial charge in [-0.05, 0) is 43.0 Å². The normalized spacial score (nSPS) is 15.5. The lowest BCUT2D eigenvalue weighted by Crippen LogP contribution is -2.35. The van der Waals surface area contributed by atoms with Crippen LogP contribution in [0.3, 0.4) is 0 Å². The molecule has 0 radical (unpaired) electrons. The molecule has 1 saturated heterocycles. The van der Waals surface area contributed by atoms with Crippen LogP contribution in [0, 0.1) is 5.92 Å². The molecule has 7 nitrogen and oxygen atoms in total. The minimum Gasteiger partial charge on any atom is -0.493 e. The first-order chi connectivity index (χ1) is 12.3. The fourth-order valence-electron chi connectivity index (χ4n) is 3.22. The molecule has 3 aromatic heterocycles. The summed E-state index contributed by atoms with van der Waals surface area (Å²) in [6, 6.07) is 7.46. The van der Waals surface area contributed by atoms with Crippen molar-refractivity contribution < 1.29 is 13.7 Å². The number of hydrogen-bond donors (Lipinski definition) is 0. The van der Waals surface area contributed by atoms with Gasteiger partial charge in [-0.1, -0.05) is 5.16 Å². The highest BCUT2D eigenvalue weighted by molar-refractivity contribution is 5.52. The standard InChI is InChI=1S/C18H20N4O3/c1-23-14-4-2-8-19-17(14)22-9-6-13(7-10-22)12-16-20-18(25-21-16)15-5-3-11-24-15/h2-5,8,11,13H,6-7,9-10,12H2,1H3. The molecule has 0 unspecified atom stereocenters. The Hall–Kier alpha value is -2.83. The van der Waals surface area contributed by atoms with Crippen molar-refractivity contribution in [1.29, 1.82) is 0 Å². The van der Waals surface area contributed by atoms with Crippen LogP contribution in [0.1, 0.15) is 18.7 Å². The van der Waals surface area contributed by atoms with E-state index in [1.807, 2.05) is 18.2 Å². The predicted molar refractivity (Wildman–Crippen MR) is 91.4 cm³/mol. The first-order valence-electron chi connectivity index (χ1n) is 8.44. The molecule has 4 rings (SSSR count). The molecule has 0 amide bonds. The van der Waals surface area contributed by atoms with E-state index >= 15 is 0 Å². The van der Waals surface area contributed by atoms with Crippen molar-refractivity contribution in [3.63, 3.8) is 0 Å². The molecule has 4 heterocycles. The summed E-state index contributed by atoms with van der Waals surface area (Å²) in [6.07, 6.45) is 6.34. The fourth-order valence-corrected chi connectivity index (χ4v) is 3.22. The van der Waals surface area contributed by atoms with E-state index in [0.717, 1.165) is 49.7 Å². The second kappa shape index (κ2) is 6.96. The van der Waals surface area contributed by atoms with Crippen LogP contribution in [0.25, 0.3) is 11.7 Å². The lowest BCUT2D eigenvalue weighted by atomic mass is 9.93. The van der Waals surface area contributed by atoms with Gasteiger partial charge in [-0.25, -0.2) is 4.98 Å². The molecular weight excluding hydrogens is 320 g/mol. The molecule has 7 heteroatoms. The van der Waals surface area contributed by atoms with E-state index in [2.05, 4.69) is 20.0 Å². The Morgan fingerprint density at radius 3 is 2.88 bits per heavy atom. The first kappa shape index (κ1) is 15.7. The molecule has 0 saturated carbocycles. The van der Waals surface area contributed by atoms with Crippen molar-refractivity contribution in [2.24, 2.45) is 5.92 Å². The monoisotopic (exact) mass is 340 g/mol. The van der Waals surface area contributed by atoms with Crippen LogP contribution in [0.5, 0.6) is 5.75 Å². The highest BCUT2D eigenvalue weighted by Crippen LogP contribution is 2.30. The largest absolute Gasteiger partial charge is 0.493 e. The Balaban J connectivity index is 1.36. The number of anilines is 1. The van der Waals surface area contributed by atoms with Crippen molar-refractivity contribution in [1.82, 2.24) is 15.1 Å². The lowest BCUT2D eigenvalue weighted by Gasteiger charge is -2.32. The third kappa shape index (κ3) is 3.35. The number of nitrogens with zero attached hydrogens (tertiary/aromatic N) is 4. The number of aromatic nitrogens is 3. The molecule has 1 aliphatic rings. The zero-order valence-electron chi connectivity index (χ0n) is 14.1. The molecule has 3 aromatic rings. The SMILES string of the molecule is COc1cccnc1N1CCC(Cc2noc(-c3ccco3)n2)CC1. The molecule has 0 N–H and O–H groups in total. The molecule has 0 aromatic carbocycles. The van der Waals surface area contributed by atoms with E-state index in [1.54, 1.807) is 25.6 Å². The molecule has 130 valence electrons. The van der Waals surface area contributed by atoms with Gasteiger partial charge in [0.05, 0.1) is 13.4 Å². The predicted octanol–water partition coefficient (Wildman–Crippen LogP) is 3.19. The molecule has 0 atom stereocenters. The highest BCUT2D eigenvalue weighted by Gasteiger charge is 2.24. The van der Waals surface area contributed by atoms with Crippen molar-refractivity contribution in [2.45, 2.75) is 19.3 Å². The molecule has 0 aliphatic carbocycles. The maximum absolute atomic E-state index is 5.41. The van der Waals surface area contributed by atoms with E-state index in [4.69, 9.17) is 13.7 Å². The summed E-state index contributed by atoms with van der Waals surface area (Å²) in [4.78, 5) is 11.2. The van der Waals surface area contributed by atoms with E-state index in [0.29, 0.717) is 17.6 Å². The Labute approximate surface area is 145 Å². The smallest absolute Gasteiger partial charge is 0.293 e. The molecule has 25 heavy (non-hydrogen) atoms. The van der Waals surface area contributed by atoms with Crippen LogP contribution < -0.4 is 9.64 Å². The molecule has 0 bridgehead atoms. The second-order valence-electron chi connectivity index (χ2n) is 6.16. The third-order valence-electron chi connectivity index (χ3n) is 4.56. The Kier molecular flexibility index (Phi) is 4.37. The fraction of sp³-hybridized carbons (Fsp3) is 0.389. The van der Waals surface area contributed by atoms with Crippen molar-refractivity contribution in [2.75, 3.05) is 25.1 Å². The maximum Gasteiger partial charge on any atom is 0.293 e. The number of ether oxygens (including phenoxy) is 1. The van der Waals surface area contributed by atoms with Gasteiger partial charge in [0.2, 0.25) is 0 Å². The maximum atomic E-state index is 5.41. The van der Waals surface area contributed by atoms with Crippen LogP contribution in [-0.4, -0.2) is 35.3 Å². The topological polar surface area (TPSA) is 77.4 Å². The van der Waals surface area contributed by atoms with Crippen LogP contribution in [0.2, 0.25) is 0 Å². The average molecular weight is 340 g/mol. The van der Waals surface area contributed by atoms with Gasteiger partial charge in [0.25, 0.3) is 5.89 Å². The van der Waals surface area contributed by atoms with Crippen LogP contribution >= 0.6 is 0 Å². The number of methoxy groups -OCH3 is 1. The summed E-state index contributed by atoms with van der Waals surface area (Å²) in [5.41, 5.74) is 0.